The maximum absolute atomic E-state index is 13.8. The van der Waals surface area contributed by atoms with Crippen molar-refractivity contribution in [2.24, 2.45) is 0 Å². The van der Waals surface area contributed by atoms with Gasteiger partial charge in [0.2, 0.25) is 0 Å². The molecule has 5 heteroatoms. The fourth-order valence-corrected chi connectivity index (χ4v) is 4.97. The van der Waals surface area contributed by atoms with Gasteiger partial charge < -0.3 is 14.7 Å². The lowest BCUT2D eigenvalue weighted by Crippen LogP contribution is -2.46. The third kappa shape index (κ3) is 6.73. The van der Waals surface area contributed by atoms with Gasteiger partial charge in [0.05, 0.1) is 0 Å². The second-order valence-corrected chi connectivity index (χ2v) is 10.1. The monoisotopic (exact) mass is 484 g/mol. The van der Waals surface area contributed by atoms with Gasteiger partial charge in [-0.1, -0.05) is 44.0 Å². The summed E-state index contributed by atoms with van der Waals surface area (Å²) in [4.78, 5) is 24.5. The molecule has 1 fully saturated rings. The Kier molecular flexibility index (Phi) is 9.12. The number of unbranched alkanes of at least 4 members (excludes halogenated alkanes) is 2. The molecule has 4 rings (SSSR count). The highest BCUT2D eigenvalue weighted by Crippen LogP contribution is 2.25. The van der Waals surface area contributed by atoms with Crippen molar-refractivity contribution >= 4 is 17.3 Å². The summed E-state index contributed by atoms with van der Waals surface area (Å²) in [7, 11) is 4.22. The van der Waals surface area contributed by atoms with E-state index in [-0.39, 0.29) is 11.9 Å². The molecule has 1 saturated heterocycles. The molecule has 1 amide bonds. The van der Waals surface area contributed by atoms with Gasteiger partial charge in [-0.25, -0.2) is 0 Å². The Bertz CT molecular complexity index is 1070. The number of aromatic nitrogens is 1. The van der Waals surface area contributed by atoms with Gasteiger partial charge in [-0.05, 0) is 93.3 Å². The number of carbonyl (C=O) groups excluding carboxylic acids is 1. The van der Waals surface area contributed by atoms with Crippen molar-refractivity contribution in [3.8, 4) is 0 Å². The summed E-state index contributed by atoms with van der Waals surface area (Å²) in [6, 6.07) is 21.2. The number of pyridine rings is 1. The molecule has 5 nitrogen and oxygen atoms in total. The number of anilines is 2. The lowest BCUT2D eigenvalue weighted by atomic mass is 10.00. The lowest BCUT2D eigenvalue weighted by Gasteiger charge is -2.37. The molecule has 0 N–H and O–H groups in total. The van der Waals surface area contributed by atoms with Crippen LogP contribution in [0, 0.1) is 0 Å². The second-order valence-electron chi connectivity index (χ2n) is 10.1. The standard InChI is InChI=1S/C31H40N4O/c1-4-5-6-7-25-8-12-27(13-9-25)31(36)35(30-18-22-33(2)23-19-30)24-26-10-14-28(15-11-26)34(3)29-16-20-32-21-17-29/h8-17,20-21,30H,4-7,18-19,22-24H2,1-3H3. The van der Waals surface area contributed by atoms with Gasteiger partial charge in [0.15, 0.2) is 0 Å². The van der Waals surface area contributed by atoms with Crippen molar-refractivity contribution < 1.29 is 4.79 Å². The maximum Gasteiger partial charge on any atom is 0.254 e. The molecular weight excluding hydrogens is 444 g/mol. The number of carbonyl (C=O) groups is 1. The lowest BCUT2D eigenvalue weighted by molar-refractivity contribution is 0.0569. The minimum atomic E-state index is 0.141. The molecule has 3 aromatic rings. The van der Waals surface area contributed by atoms with Gasteiger partial charge in [0.25, 0.3) is 5.91 Å². The number of hydrogen-bond donors (Lipinski definition) is 0. The summed E-state index contributed by atoms with van der Waals surface area (Å²) >= 11 is 0. The van der Waals surface area contributed by atoms with Crippen molar-refractivity contribution in [1.82, 2.24) is 14.8 Å². The van der Waals surface area contributed by atoms with Crippen LogP contribution in [0.1, 0.15) is 60.5 Å². The number of nitrogens with zero attached hydrogens (tertiary/aromatic N) is 4. The summed E-state index contributed by atoms with van der Waals surface area (Å²) in [6.45, 7) is 4.91. The van der Waals surface area contributed by atoms with E-state index in [2.05, 4.69) is 77.1 Å². The molecule has 0 bridgehead atoms. The van der Waals surface area contributed by atoms with Crippen LogP contribution in [0.2, 0.25) is 0 Å². The smallest absolute Gasteiger partial charge is 0.254 e. The fourth-order valence-electron chi connectivity index (χ4n) is 4.97. The number of likely N-dealkylation sites (tertiary alicyclic amines) is 1. The van der Waals surface area contributed by atoms with E-state index < -0.39 is 0 Å². The Labute approximate surface area is 216 Å². The van der Waals surface area contributed by atoms with E-state index in [1.54, 1.807) is 0 Å². The van der Waals surface area contributed by atoms with Crippen molar-refractivity contribution in [2.75, 3.05) is 32.1 Å². The third-order valence-corrected chi connectivity index (χ3v) is 7.39. The summed E-state index contributed by atoms with van der Waals surface area (Å²) in [5.41, 5.74) is 5.48. The number of benzene rings is 2. The van der Waals surface area contributed by atoms with E-state index in [9.17, 15) is 4.79 Å². The zero-order valence-electron chi connectivity index (χ0n) is 22.1. The molecule has 0 radical (unpaired) electrons. The van der Waals surface area contributed by atoms with Crippen LogP contribution in [0.3, 0.4) is 0 Å². The molecule has 0 spiro atoms. The van der Waals surface area contributed by atoms with Crippen LogP contribution in [0.15, 0.2) is 73.1 Å². The molecule has 0 unspecified atom stereocenters. The highest BCUT2D eigenvalue weighted by Gasteiger charge is 2.28. The zero-order chi connectivity index (χ0) is 25.3. The summed E-state index contributed by atoms with van der Waals surface area (Å²) < 4.78 is 0. The molecule has 0 atom stereocenters. The molecule has 36 heavy (non-hydrogen) atoms. The number of rotatable bonds is 10. The first-order chi connectivity index (χ1) is 17.5. The summed E-state index contributed by atoms with van der Waals surface area (Å²) in [6.07, 6.45) is 10.4. The maximum atomic E-state index is 13.8. The third-order valence-electron chi connectivity index (χ3n) is 7.39. The van der Waals surface area contributed by atoms with Gasteiger partial charge in [-0.3, -0.25) is 9.78 Å². The minimum absolute atomic E-state index is 0.141. The van der Waals surface area contributed by atoms with E-state index >= 15 is 0 Å². The highest BCUT2D eigenvalue weighted by atomic mass is 16.2. The first-order valence-corrected chi connectivity index (χ1v) is 13.4. The predicted octanol–water partition coefficient (Wildman–Crippen LogP) is 6.32. The number of aryl methyl sites for hydroxylation is 1. The average Bonchev–Trinajstić information content (AvgIpc) is 2.93. The van der Waals surface area contributed by atoms with E-state index in [0.29, 0.717) is 6.54 Å². The minimum Gasteiger partial charge on any atom is -0.345 e. The second kappa shape index (κ2) is 12.7. The van der Waals surface area contributed by atoms with E-state index in [1.807, 2.05) is 36.7 Å². The van der Waals surface area contributed by atoms with Crippen molar-refractivity contribution in [3.63, 3.8) is 0 Å². The van der Waals surface area contributed by atoms with Crippen molar-refractivity contribution in [1.29, 1.82) is 0 Å². The van der Waals surface area contributed by atoms with Crippen molar-refractivity contribution in [2.45, 2.75) is 58.0 Å². The molecule has 190 valence electrons. The first kappa shape index (κ1) is 25.9. The van der Waals surface area contributed by atoms with Crippen LogP contribution in [-0.2, 0) is 13.0 Å². The topological polar surface area (TPSA) is 39.7 Å². The fraction of sp³-hybridized carbons (Fsp3) is 0.419. The van der Waals surface area contributed by atoms with Crippen molar-refractivity contribution in [3.05, 3.63) is 89.7 Å². The quantitative estimate of drug-likeness (QED) is 0.316. The molecule has 2 aromatic carbocycles. The van der Waals surface area contributed by atoms with E-state index in [4.69, 9.17) is 0 Å². The Morgan fingerprint density at radius 2 is 1.50 bits per heavy atom. The summed E-state index contributed by atoms with van der Waals surface area (Å²) in [5, 5.41) is 0. The predicted molar refractivity (Wildman–Crippen MR) is 149 cm³/mol. The van der Waals surface area contributed by atoms with E-state index in [0.717, 1.165) is 54.9 Å². The SMILES string of the molecule is CCCCCc1ccc(C(=O)N(Cc2ccc(N(C)c3ccncc3)cc2)C2CCN(C)CC2)cc1. The Morgan fingerprint density at radius 1 is 0.889 bits per heavy atom. The van der Waals surface area contributed by atoms with Crippen LogP contribution >= 0.6 is 0 Å². The largest absolute Gasteiger partial charge is 0.345 e. The van der Waals surface area contributed by atoms with Crippen LogP contribution in [0.25, 0.3) is 0 Å². The Hall–Kier alpha value is -3.18. The van der Waals surface area contributed by atoms with E-state index in [1.165, 1.54) is 24.8 Å². The molecule has 0 aliphatic carbocycles. The van der Waals surface area contributed by atoms with Gasteiger partial charge in [-0.2, -0.15) is 0 Å². The Morgan fingerprint density at radius 3 is 2.14 bits per heavy atom. The number of piperidine rings is 1. The molecular formula is C31H40N4O. The van der Waals surface area contributed by atoms with Gasteiger partial charge in [-0.15, -0.1) is 0 Å². The summed E-state index contributed by atoms with van der Waals surface area (Å²) in [5.74, 6) is 0.141. The molecule has 2 heterocycles. The first-order valence-electron chi connectivity index (χ1n) is 13.4. The number of hydrogen-bond acceptors (Lipinski definition) is 4. The number of amides is 1. The average molecular weight is 485 g/mol. The van der Waals surface area contributed by atoms with Gasteiger partial charge in [0.1, 0.15) is 0 Å². The highest BCUT2D eigenvalue weighted by molar-refractivity contribution is 5.94. The normalized spacial score (nSPS) is 14.5. The molecule has 1 aliphatic rings. The Balaban J connectivity index is 1.49. The van der Waals surface area contributed by atoms with Crippen LogP contribution in [0.5, 0.6) is 0 Å². The molecule has 1 aromatic heterocycles. The van der Waals surface area contributed by atoms with Gasteiger partial charge >= 0.3 is 0 Å². The molecule has 0 saturated carbocycles. The van der Waals surface area contributed by atoms with Crippen LogP contribution in [0.4, 0.5) is 11.4 Å². The van der Waals surface area contributed by atoms with Crippen LogP contribution < -0.4 is 4.90 Å². The van der Waals surface area contributed by atoms with Gasteiger partial charge in [0, 0.05) is 49.0 Å². The van der Waals surface area contributed by atoms with Crippen LogP contribution in [-0.4, -0.2) is 53.9 Å². The zero-order valence-corrected chi connectivity index (χ0v) is 22.1. The molecule has 1 aliphatic heterocycles.